The average Bonchev–Trinajstić information content (AvgIpc) is 3.45. The summed E-state index contributed by atoms with van der Waals surface area (Å²) in [6.45, 7) is 0. The van der Waals surface area contributed by atoms with E-state index in [2.05, 4.69) is 28.7 Å². The number of fused-ring (bicyclic) bond motifs is 1. The quantitative estimate of drug-likeness (QED) is 0.237. The Bertz CT molecular complexity index is 1240. The Balaban J connectivity index is 1.40. The molecule has 1 heterocycles. The Kier molecular flexibility index (Phi) is 7.43. The molecule has 1 aromatic rings. The molecule has 182 valence electrons. The zero-order valence-electron chi connectivity index (χ0n) is 18.9. The Morgan fingerprint density at radius 3 is 2.60 bits per heavy atom. The molecule has 4 unspecified atom stereocenters. The fourth-order valence-corrected chi connectivity index (χ4v) is 5.60. The molecule has 0 radical (unpaired) electrons. The number of halogens is 4. The number of carbonyl (C=O) groups is 1. The predicted molar refractivity (Wildman–Crippen MR) is 145 cm³/mol. The highest BCUT2D eigenvalue weighted by Crippen LogP contribution is 2.48. The van der Waals surface area contributed by atoms with Gasteiger partial charge in [-0.15, -0.1) is 0 Å². The van der Waals surface area contributed by atoms with Gasteiger partial charge in [-0.2, -0.15) is 0 Å². The van der Waals surface area contributed by atoms with Crippen LogP contribution in [0.2, 0.25) is 10.0 Å². The molecule has 8 heteroatoms. The molecule has 0 amide bonds. The molecule has 0 bridgehead atoms. The third kappa shape index (κ3) is 5.40. The summed E-state index contributed by atoms with van der Waals surface area (Å²) in [5.41, 5.74) is 13.4. The maximum Gasteiger partial charge on any atom is 0.188 e. The van der Waals surface area contributed by atoms with Crippen molar-refractivity contribution in [2.24, 2.45) is 11.7 Å². The molecule has 1 saturated heterocycles. The molecule has 3 aliphatic carbocycles. The number of nitrogens with zero attached hydrogens (tertiary/aromatic N) is 1. The molecule has 35 heavy (non-hydrogen) atoms. The second-order valence-corrected chi connectivity index (χ2v) is 10.9. The molecule has 1 aromatic carbocycles. The molecule has 2 fully saturated rings. The minimum absolute atomic E-state index is 0.00239. The van der Waals surface area contributed by atoms with E-state index in [1.54, 1.807) is 18.2 Å². The van der Waals surface area contributed by atoms with Crippen LogP contribution in [-0.4, -0.2) is 29.0 Å². The van der Waals surface area contributed by atoms with E-state index in [-0.39, 0.29) is 30.0 Å². The number of nitrogens with two attached hydrogens (primary N) is 1. The van der Waals surface area contributed by atoms with Crippen molar-refractivity contribution in [2.75, 3.05) is 0 Å². The van der Waals surface area contributed by atoms with Crippen LogP contribution in [0.3, 0.4) is 0 Å². The lowest BCUT2D eigenvalue weighted by molar-refractivity contribution is -0.112. The van der Waals surface area contributed by atoms with Gasteiger partial charge in [0.15, 0.2) is 5.78 Å². The monoisotopic (exact) mass is 547 g/mol. The van der Waals surface area contributed by atoms with E-state index >= 15 is 0 Å². The third-order valence-electron chi connectivity index (χ3n) is 6.64. The van der Waals surface area contributed by atoms with Crippen molar-refractivity contribution in [1.29, 1.82) is 0 Å². The van der Waals surface area contributed by atoms with E-state index in [0.717, 1.165) is 30.4 Å². The molecule has 5 atom stereocenters. The minimum Gasteiger partial charge on any atom is -0.315 e. The summed E-state index contributed by atoms with van der Waals surface area (Å²) in [4.78, 5) is 13.5. The summed E-state index contributed by atoms with van der Waals surface area (Å²) in [5, 5.41) is 4.15. The van der Waals surface area contributed by atoms with Gasteiger partial charge < -0.3 is 5.73 Å². The summed E-state index contributed by atoms with van der Waals surface area (Å²) in [7, 11) is 0. The molecule has 3 N–H and O–H groups in total. The van der Waals surface area contributed by atoms with Crippen molar-refractivity contribution in [3.8, 4) is 0 Å². The first kappa shape index (κ1) is 25.0. The predicted octanol–water partition coefficient (Wildman–Crippen LogP) is 6.66. The van der Waals surface area contributed by atoms with Crippen LogP contribution in [0.15, 0.2) is 81.4 Å². The van der Waals surface area contributed by atoms with Crippen molar-refractivity contribution in [3.63, 3.8) is 0 Å². The number of hydrogen-bond donors (Lipinski definition) is 2. The summed E-state index contributed by atoms with van der Waals surface area (Å²) in [6, 6.07) is 5.19. The summed E-state index contributed by atoms with van der Waals surface area (Å²) in [6.07, 6.45) is 17.4. The van der Waals surface area contributed by atoms with E-state index in [0.29, 0.717) is 32.1 Å². The largest absolute Gasteiger partial charge is 0.315 e. The second kappa shape index (κ2) is 10.4. The van der Waals surface area contributed by atoms with E-state index in [1.807, 2.05) is 24.3 Å². The standard InChI is InChI=1S/C27H25Cl4N3O/c28-20-8-6-16(12-22(20)30)10-18-25-26(34(25)33-24(32)14-15-4-2-1-3-5-15)19(27(18)35)11-17-7-9-21(29)23(31)13-17/h2,4-12,17,24-26,33H,1,3,13-14,32H2/b18-10+,19-11+/t17?,24-,25?,26?,34?/m1/s1. The number of carbonyl (C=O) groups excluding carboxylic acids is 1. The number of hydrogen-bond acceptors (Lipinski definition) is 4. The summed E-state index contributed by atoms with van der Waals surface area (Å²) < 4.78 is 0. The first-order chi connectivity index (χ1) is 16.8. The molecule has 4 aliphatic rings. The zero-order valence-corrected chi connectivity index (χ0v) is 21.9. The Labute approximate surface area is 225 Å². The molecular formula is C27H25Cl4N3O. The van der Waals surface area contributed by atoms with Gasteiger partial charge in [0.05, 0.1) is 33.3 Å². The van der Waals surface area contributed by atoms with Gasteiger partial charge in [-0.1, -0.05) is 82.9 Å². The van der Waals surface area contributed by atoms with Gasteiger partial charge in [-0.3, -0.25) is 4.79 Å². The average molecular weight is 549 g/mol. The molecule has 1 saturated carbocycles. The van der Waals surface area contributed by atoms with Crippen molar-refractivity contribution in [1.82, 2.24) is 10.4 Å². The lowest BCUT2D eigenvalue weighted by atomic mass is 9.96. The van der Waals surface area contributed by atoms with Crippen LogP contribution in [0.25, 0.3) is 6.08 Å². The van der Waals surface area contributed by atoms with Gasteiger partial charge in [-0.25, -0.2) is 10.4 Å². The lowest BCUT2D eigenvalue weighted by Gasteiger charge is -2.20. The fraction of sp³-hybridized carbons (Fsp3) is 0.296. The van der Waals surface area contributed by atoms with Gasteiger partial charge in [0.25, 0.3) is 0 Å². The van der Waals surface area contributed by atoms with Crippen LogP contribution in [0.1, 0.15) is 31.2 Å². The number of ketones is 1. The van der Waals surface area contributed by atoms with Gasteiger partial charge in [0.1, 0.15) is 0 Å². The number of piperidine rings is 1. The number of Topliss-reactive ketones (excluding diaryl/α,β-unsaturated/α-hetero) is 1. The number of allylic oxidation sites excluding steroid dienone is 8. The van der Waals surface area contributed by atoms with E-state index in [1.165, 1.54) is 5.57 Å². The number of hydrazine groups is 1. The Morgan fingerprint density at radius 1 is 1.09 bits per heavy atom. The summed E-state index contributed by atoms with van der Waals surface area (Å²) >= 11 is 24.7. The van der Waals surface area contributed by atoms with E-state index in [9.17, 15) is 4.79 Å². The van der Waals surface area contributed by atoms with Crippen LogP contribution in [-0.2, 0) is 4.79 Å². The van der Waals surface area contributed by atoms with Crippen LogP contribution in [0.5, 0.6) is 0 Å². The first-order valence-electron chi connectivity index (χ1n) is 11.6. The topological polar surface area (TPSA) is 58.1 Å². The first-order valence-corrected chi connectivity index (χ1v) is 13.1. The van der Waals surface area contributed by atoms with E-state index < -0.39 is 0 Å². The Hall–Kier alpha value is -1.63. The van der Waals surface area contributed by atoms with Crippen LogP contribution < -0.4 is 11.2 Å². The van der Waals surface area contributed by atoms with E-state index in [4.69, 9.17) is 52.1 Å². The maximum atomic E-state index is 13.5. The van der Waals surface area contributed by atoms with Crippen molar-refractivity contribution < 1.29 is 4.79 Å². The number of rotatable bonds is 6. The zero-order chi connectivity index (χ0) is 24.7. The molecule has 0 spiro atoms. The van der Waals surface area contributed by atoms with Crippen molar-refractivity contribution >= 4 is 58.3 Å². The molecule has 0 aromatic heterocycles. The van der Waals surface area contributed by atoms with Gasteiger partial charge in [0.2, 0.25) is 0 Å². The van der Waals surface area contributed by atoms with Crippen LogP contribution >= 0.6 is 46.4 Å². The molecule has 4 nitrogen and oxygen atoms in total. The number of benzene rings is 1. The van der Waals surface area contributed by atoms with Crippen LogP contribution in [0, 0.1) is 5.92 Å². The SMILES string of the molecule is N[C@@H](CC1=CCCC=C1)NN1C2/C(=C\c3ccc(Cl)c(Cl)c3)C(=O)/C(=C/C3C=CC(Cl)=C(Cl)C3)C21. The normalized spacial score (nSPS) is 30.8. The highest BCUT2D eigenvalue weighted by Gasteiger charge is 2.61. The molecule has 5 rings (SSSR count). The Morgan fingerprint density at radius 2 is 1.89 bits per heavy atom. The van der Waals surface area contributed by atoms with Gasteiger partial charge >= 0.3 is 0 Å². The third-order valence-corrected chi connectivity index (χ3v) is 8.18. The highest BCUT2D eigenvalue weighted by atomic mass is 35.5. The maximum absolute atomic E-state index is 13.5. The van der Waals surface area contributed by atoms with Gasteiger partial charge in [0, 0.05) is 28.5 Å². The molecule has 1 aliphatic heterocycles. The summed E-state index contributed by atoms with van der Waals surface area (Å²) in [5.74, 6) is 0.0309. The fourth-order valence-electron chi connectivity index (χ4n) is 4.90. The second-order valence-electron chi connectivity index (χ2n) is 9.20. The van der Waals surface area contributed by atoms with Crippen LogP contribution in [0.4, 0.5) is 0 Å². The number of nitrogens with one attached hydrogen (secondary N) is 1. The lowest BCUT2D eigenvalue weighted by Crippen LogP contribution is -2.43. The van der Waals surface area contributed by atoms with Crippen molar-refractivity contribution in [2.45, 2.75) is 43.9 Å². The highest BCUT2D eigenvalue weighted by molar-refractivity contribution is 6.42. The molecular weight excluding hydrogens is 524 g/mol. The van der Waals surface area contributed by atoms with Gasteiger partial charge in [-0.05, 0) is 54.7 Å². The smallest absolute Gasteiger partial charge is 0.188 e. The minimum atomic E-state index is -0.261. The van der Waals surface area contributed by atoms with Crippen molar-refractivity contribution in [3.05, 3.63) is 97.0 Å².